The maximum atomic E-state index is 9.08. The first-order chi connectivity index (χ1) is 12.1. The highest BCUT2D eigenvalue weighted by atomic mass is 16.5. The van der Waals surface area contributed by atoms with Gasteiger partial charge in [-0.1, -0.05) is 6.58 Å². The Kier molecular flexibility index (Phi) is 6.18. The van der Waals surface area contributed by atoms with Gasteiger partial charge in [0.25, 0.3) is 5.88 Å². The number of rotatable bonds is 8. The zero-order chi connectivity index (χ0) is 18.2. The van der Waals surface area contributed by atoms with Gasteiger partial charge in [0.15, 0.2) is 11.5 Å². The summed E-state index contributed by atoms with van der Waals surface area (Å²) in [6.45, 7) is 10.4. The van der Waals surface area contributed by atoms with Crippen molar-refractivity contribution in [1.82, 2.24) is 4.98 Å². The van der Waals surface area contributed by atoms with Crippen LogP contribution in [-0.2, 0) is 0 Å². The fraction of sp³-hybridized carbons (Fsp3) is 0.278. The maximum Gasteiger partial charge on any atom is 0.252 e. The summed E-state index contributed by atoms with van der Waals surface area (Å²) < 4.78 is 16.5. The summed E-state index contributed by atoms with van der Waals surface area (Å²) in [7, 11) is 0. The minimum Gasteiger partial charge on any atom is -0.490 e. The Morgan fingerprint density at radius 2 is 2.08 bits per heavy atom. The van der Waals surface area contributed by atoms with Crippen LogP contribution in [0.1, 0.15) is 37.9 Å². The van der Waals surface area contributed by atoms with Gasteiger partial charge in [0.05, 0.1) is 19.4 Å². The molecular weight excluding hydrogens is 320 g/mol. The van der Waals surface area contributed by atoms with Crippen molar-refractivity contribution in [1.29, 1.82) is 5.26 Å². The lowest BCUT2D eigenvalue weighted by molar-refractivity contribution is 0.288. The summed E-state index contributed by atoms with van der Waals surface area (Å²) in [5.41, 5.74) is 4.24. The Hall–Kier alpha value is -3.27. The molecule has 0 radical (unpaired) electrons. The second kappa shape index (κ2) is 8.55. The largest absolute Gasteiger partial charge is 0.490 e. The molecule has 25 heavy (non-hydrogen) atoms. The number of ether oxygens (including phenoxy) is 2. The summed E-state index contributed by atoms with van der Waals surface area (Å²) >= 11 is 0. The van der Waals surface area contributed by atoms with Crippen molar-refractivity contribution >= 4 is 17.7 Å². The molecule has 0 fully saturated rings. The molecule has 0 bridgehead atoms. The number of hydrogen-bond donors (Lipinski definition) is 1. The first kappa shape index (κ1) is 18.1. The van der Waals surface area contributed by atoms with Crippen molar-refractivity contribution in [2.24, 2.45) is 5.10 Å². The topological polar surface area (TPSA) is 92.7 Å². The SMILES string of the molecule is C=C(C)c1nc(C#N)c(N/N=C/c2ccc(OCC)c(OCC)c2)o1. The number of aromatic nitrogens is 1. The number of nitrogens with one attached hydrogen (secondary N) is 1. The van der Waals surface area contributed by atoms with Crippen LogP contribution in [0.3, 0.4) is 0 Å². The Morgan fingerprint density at radius 1 is 1.36 bits per heavy atom. The molecule has 1 aromatic carbocycles. The van der Waals surface area contributed by atoms with E-state index >= 15 is 0 Å². The van der Waals surface area contributed by atoms with Crippen LogP contribution in [0.5, 0.6) is 11.5 Å². The summed E-state index contributed by atoms with van der Waals surface area (Å²) in [4.78, 5) is 4.02. The highest BCUT2D eigenvalue weighted by molar-refractivity contribution is 5.81. The van der Waals surface area contributed by atoms with Crippen molar-refractivity contribution in [2.45, 2.75) is 20.8 Å². The molecule has 0 unspecified atom stereocenters. The van der Waals surface area contributed by atoms with Crippen molar-refractivity contribution in [3.05, 3.63) is 41.9 Å². The molecule has 0 saturated heterocycles. The van der Waals surface area contributed by atoms with E-state index in [1.54, 1.807) is 13.1 Å². The fourth-order valence-corrected chi connectivity index (χ4v) is 1.97. The van der Waals surface area contributed by atoms with Gasteiger partial charge in [-0.15, -0.1) is 0 Å². The third kappa shape index (κ3) is 4.61. The van der Waals surface area contributed by atoms with E-state index in [-0.39, 0.29) is 11.6 Å². The molecule has 1 aromatic heterocycles. The average Bonchev–Trinajstić information content (AvgIpc) is 3.01. The van der Waals surface area contributed by atoms with Gasteiger partial charge in [-0.05, 0) is 44.5 Å². The molecule has 0 aliphatic rings. The first-order valence-electron chi connectivity index (χ1n) is 7.84. The minimum absolute atomic E-state index is 0.122. The van der Waals surface area contributed by atoms with E-state index in [4.69, 9.17) is 19.2 Å². The number of allylic oxidation sites excluding steroid dienone is 1. The molecule has 0 aliphatic heterocycles. The lowest BCUT2D eigenvalue weighted by Gasteiger charge is -2.11. The van der Waals surface area contributed by atoms with Crippen molar-refractivity contribution in [3.8, 4) is 17.6 Å². The molecule has 1 heterocycles. The normalized spacial score (nSPS) is 10.5. The van der Waals surface area contributed by atoms with E-state index in [9.17, 15) is 0 Å². The number of nitriles is 1. The van der Waals surface area contributed by atoms with Gasteiger partial charge in [-0.3, -0.25) is 0 Å². The fourth-order valence-electron chi connectivity index (χ4n) is 1.97. The van der Waals surface area contributed by atoms with Crippen LogP contribution in [0.25, 0.3) is 5.57 Å². The van der Waals surface area contributed by atoms with Gasteiger partial charge in [-0.25, -0.2) is 5.43 Å². The van der Waals surface area contributed by atoms with Crippen LogP contribution >= 0.6 is 0 Å². The van der Waals surface area contributed by atoms with Crippen LogP contribution in [0.2, 0.25) is 0 Å². The average molecular weight is 340 g/mol. The molecule has 2 rings (SSSR count). The van der Waals surface area contributed by atoms with Crippen molar-refractivity contribution in [3.63, 3.8) is 0 Å². The standard InChI is InChI=1S/C18H20N4O3/c1-5-23-15-8-7-13(9-16(15)24-6-2)11-20-22-18-14(10-19)21-17(25-18)12(3)4/h7-9,11,22H,3,5-6H2,1-2,4H3/b20-11+. The molecule has 0 amide bonds. The molecule has 1 N–H and O–H groups in total. The molecule has 7 nitrogen and oxygen atoms in total. The lowest BCUT2D eigenvalue weighted by atomic mass is 10.2. The van der Waals surface area contributed by atoms with Crippen molar-refractivity contribution < 1.29 is 13.9 Å². The smallest absolute Gasteiger partial charge is 0.252 e. The summed E-state index contributed by atoms with van der Waals surface area (Å²) in [6, 6.07) is 7.45. The van der Waals surface area contributed by atoms with E-state index in [1.165, 1.54) is 0 Å². The quantitative estimate of drug-likeness (QED) is 0.580. The highest BCUT2D eigenvalue weighted by Crippen LogP contribution is 2.28. The van der Waals surface area contributed by atoms with Crippen LogP contribution in [-0.4, -0.2) is 24.4 Å². The van der Waals surface area contributed by atoms with E-state index in [1.807, 2.05) is 38.1 Å². The zero-order valence-corrected chi connectivity index (χ0v) is 14.5. The van der Waals surface area contributed by atoms with Gasteiger partial charge in [0.1, 0.15) is 6.07 Å². The molecular formula is C18H20N4O3. The van der Waals surface area contributed by atoms with Gasteiger partial charge in [-0.2, -0.15) is 15.3 Å². The number of oxazole rings is 1. The predicted molar refractivity (Wildman–Crippen MR) is 95.9 cm³/mol. The molecule has 7 heteroatoms. The number of benzene rings is 1. The second-order valence-electron chi connectivity index (χ2n) is 5.03. The Bertz CT molecular complexity index is 818. The van der Waals surface area contributed by atoms with E-state index in [0.717, 1.165) is 5.56 Å². The van der Waals surface area contributed by atoms with Crippen LogP contribution in [0.15, 0.2) is 34.3 Å². The van der Waals surface area contributed by atoms with Crippen LogP contribution < -0.4 is 14.9 Å². The molecule has 0 spiro atoms. The molecule has 0 aliphatic carbocycles. The Balaban J connectivity index is 2.16. The third-order valence-corrected chi connectivity index (χ3v) is 3.05. The van der Waals surface area contributed by atoms with Crippen LogP contribution in [0, 0.1) is 11.3 Å². The maximum absolute atomic E-state index is 9.08. The van der Waals surface area contributed by atoms with E-state index in [0.29, 0.717) is 36.2 Å². The van der Waals surface area contributed by atoms with Gasteiger partial charge in [0.2, 0.25) is 11.6 Å². The monoisotopic (exact) mass is 340 g/mol. The Morgan fingerprint density at radius 3 is 2.72 bits per heavy atom. The third-order valence-electron chi connectivity index (χ3n) is 3.05. The molecule has 0 atom stereocenters. The van der Waals surface area contributed by atoms with Crippen LogP contribution in [0.4, 0.5) is 5.88 Å². The Labute approximate surface area is 146 Å². The van der Waals surface area contributed by atoms with Gasteiger partial charge < -0.3 is 13.9 Å². The molecule has 2 aromatic rings. The second-order valence-corrected chi connectivity index (χ2v) is 5.03. The van der Waals surface area contributed by atoms with Gasteiger partial charge >= 0.3 is 0 Å². The number of nitrogens with zero attached hydrogens (tertiary/aromatic N) is 3. The number of hydrogen-bond acceptors (Lipinski definition) is 7. The lowest BCUT2D eigenvalue weighted by Crippen LogP contribution is -1.99. The molecule has 130 valence electrons. The molecule has 0 saturated carbocycles. The summed E-state index contributed by atoms with van der Waals surface area (Å²) in [6.07, 6.45) is 1.59. The minimum atomic E-state index is 0.122. The van der Waals surface area contributed by atoms with E-state index in [2.05, 4.69) is 22.1 Å². The van der Waals surface area contributed by atoms with Gasteiger partial charge in [0, 0.05) is 5.57 Å². The predicted octanol–water partition coefficient (Wildman–Crippen LogP) is 3.82. The summed E-state index contributed by atoms with van der Waals surface area (Å²) in [5.74, 6) is 1.81. The van der Waals surface area contributed by atoms with E-state index < -0.39 is 0 Å². The number of anilines is 1. The summed E-state index contributed by atoms with van der Waals surface area (Å²) in [5, 5.41) is 13.2. The first-order valence-corrected chi connectivity index (χ1v) is 7.84. The zero-order valence-electron chi connectivity index (χ0n) is 14.5. The number of hydrazone groups is 1. The van der Waals surface area contributed by atoms with Crippen molar-refractivity contribution in [2.75, 3.05) is 18.6 Å². The highest BCUT2D eigenvalue weighted by Gasteiger charge is 2.12.